The van der Waals surface area contributed by atoms with Gasteiger partial charge in [0.15, 0.2) is 0 Å². The number of fused-ring (bicyclic) bond motifs is 1. The Bertz CT molecular complexity index is 909. The van der Waals surface area contributed by atoms with Gasteiger partial charge in [-0.1, -0.05) is 11.6 Å². The fourth-order valence-electron chi connectivity index (χ4n) is 3.32. The van der Waals surface area contributed by atoms with Gasteiger partial charge >= 0.3 is 0 Å². The van der Waals surface area contributed by atoms with E-state index < -0.39 is 11.8 Å². The Labute approximate surface area is 157 Å². The molecule has 2 aromatic rings. The molecule has 0 spiro atoms. The van der Waals surface area contributed by atoms with E-state index in [0.29, 0.717) is 33.4 Å². The zero-order chi connectivity index (χ0) is 17.6. The van der Waals surface area contributed by atoms with Crippen molar-refractivity contribution in [2.75, 3.05) is 6.54 Å². The molecule has 7 nitrogen and oxygen atoms in total. The van der Waals surface area contributed by atoms with Gasteiger partial charge in [-0.3, -0.25) is 9.36 Å². The van der Waals surface area contributed by atoms with Crippen LogP contribution in [0.4, 0.5) is 0 Å². The molecule has 0 amide bonds. The molecule has 0 saturated carbocycles. The van der Waals surface area contributed by atoms with Crippen LogP contribution in [0.1, 0.15) is 19.3 Å². The number of nitrogens with one attached hydrogen (secondary N) is 1. The van der Waals surface area contributed by atoms with Crippen molar-refractivity contribution in [1.82, 2.24) is 14.9 Å². The van der Waals surface area contributed by atoms with Gasteiger partial charge in [0.2, 0.25) is 5.66 Å². The fourth-order valence-corrected chi connectivity index (χ4v) is 3.81. The first-order chi connectivity index (χ1) is 12.0. The monoisotopic (exact) mass is 425 g/mol. The third-order valence-corrected chi connectivity index (χ3v) is 5.96. The van der Waals surface area contributed by atoms with Gasteiger partial charge < -0.3 is 10.4 Å². The van der Waals surface area contributed by atoms with E-state index in [-0.39, 0.29) is 11.6 Å². The largest absolute Gasteiger partial charge is 0.392 e. The minimum atomic E-state index is -0.658. The van der Waals surface area contributed by atoms with E-state index in [9.17, 15) is 9.90 Å². The van der Waals surface area contributed by atoms with E-state index in [1.165, 1.54) is 10.9 Å². The van der Waals surface area contributed by atoms with E-state index in [1.54, 1.807) is 12.1 Å². The molecule has 0 aliphatic carbocycles. The summed E-state index contributed by atoms with van der Waals surface area (Å²) in [6.45, 7) is 1.19. The van der Waals surface area contributed by atoms with Crippen LogP contribution in [-0.2, 0) is 6.54 Å². The van der Waals surface area contributed by atoms with E-state index in [0.717, 1.165) is 19.4 Å². The first-order valence-corrected chi connectivity index (χ1v) is 9.34. The Morgan fingerprint density at radius 1 is 1.44 bits per heavy atom. The lowest BCUT2D eigenvalue weighted by Gasteiger charge is -2.30. The molecule has 2 N–H and O–H groups in total. The lowest BCUT2D eigenvalue weighted by molar-refractivity contribution is 0.0850. The molecule has 4 rings (SSSR count). The van der Waals surface area contributed by atoms with Gasteiger partial charge in [-0.2, -0.15) is 10.2 Å². The van der Waals surface area contributed by atoms with Gasteiger partial charge in [0.05, 0.1) is 34.9 Å². The van der Waals surface area contributed by atoms with Crippen molar-refractivity contribution in [3.05, 3.63) is 38.3 Å². The number of benzene rings is 1. The Balaban J connectivity index is 1.59. The van der Waals surface area contributed by atoms with Crippen molar-refractivity contribution in [1.29, 1.82) is 0 Å². The predicted octanol–water partition coefficient (Wildman–Crippen LogP) is 2.48. The molecule has 1 fully saturated rings. The van der Waals surface area contributed by atoms with Crippen molar-refractivity contribution in [2.45, 2.75) is 43.6 Å². The summed E-state index contributed by atoms with van der Waals surface area (Å²) in [5, 5.41) is 22.7. The van der Waals surface area contributed by atoms with Crippen LogP contribution in [0.25, 0.3) is 10.9 Å². The summed E-state index contributed by atoms with van der Waals surface area (Å²) in [6, 6.07) is 3.29. The quantitative estimate of drug-likeness (QED) is 0.785. The Hall–Kier alpha value is -1.35. The van der Waals surface area contributed by atoms with Crippen LogP contribution in [0.2, 0.25) is 5.02 Å². The number of aromatic nitrogens is 2. The average Bonchev–Trinajstić information content (AvgIpc) is 3.34. The van der Waals surface area contributed by atoms with Gasteiger partial charge in [-0.05, 0) is 47.4 Å². The minimum absolute atomic E-state index is 0.0572. The SMILES string of the molecule is O=c1c2cc(Cl)c(Br)cc2ncn1CC1(C[C@H]2NCCC[C@@H]2O)N=N1. The number of halogens is 2. The molecule has 0 radical (unpaired) electrons. The third kappa shape index (κ3) is 3.36. The molecule has 1 saturated heterocycles. The number of aliphatic hydroxyl groups excluding tert-OH is 1. The van der Waals surface area contributed by atoms with Crippen molar-refractivity contribution >= 4 is 38.4 Å². The number of piperidine rings is 1. The van der Waals surface area contributed by atoms with Crippen LogP contribution in [0, 0.1) is 0 Å². The molecular formula is C16H17BrClN5O2. The number of hydrogen-bond donors (Lipinski definition) is 2. The Kier molecular flexibility index (Phi) is 4.39. The molecular weight excluding hydrogens is 410 g/mol. The summed E-state index contributed by atoms with van der Waals surface area (Å²) >= 11 is 9.44. The summed E-state index contributed by atoms with van der Waals surface area (Å²) in [4.78, 5) is 17.1. The highest BCUT2D eigenvalue weighted by Crippen LogP contribution is 2.36. The van der Waals surface area contributed by atoms with Crippen LogP contribution >= 0.6 is 27.5 Å². The number of hydrogen-bond acceptors (Lipinski definition) is 6. The van der Waals surface area contributed by atoms with E-state index in [4.69, 9.17) is 11.6 Å². The second kappa shape index (κ2) is 6.42. The molecule has 0 unspecified atom stereocenters. The molecule has 132 valence electrons. The normalized spacial score (nSPS) is 24.6. The first kappa shape index (κ1) is 17.1. The number of aliphatic hydroxyl groups is 1. The molecule has 9 heteroatoms. The molecule has 1 aromatic carbocycles. The van der Waals surface area contributed by atoms with Crippen molar-refractivity contribution in [2.24, 2.45) is 10.2 Å². The molecule has 2 aliphatic rings. The van der Waals surface area contributed by atoms with Crippen molar-refractivity contribution < 1.29 is 5.11 Å². The maximum Gasteiger partial charge on any atom is 0.261 e. The topological polar surface area (TPSA) is 91.9 Å². The summed E-state index contributed by atoms with van der Waals surface area (Å²) in [5.74, 6) is 0. The zero-order valence-corrected chi connectivity index (χ0v) is 15.7. The van der Waals surface area contributed by atoms with Crippen LogP contribution < -0.4 is 10.9 Å². The third-order valence-electron chi connectivity index (χ3n) is 4.77. The van der Waals surface area contributed by atoms with Crippen LogP contribution in [0.5, 0.6) is 0 Å². The molecule has 1 aromatic heterocycles. The molecule has 3 heterocycles. The average molecular weight is 427 g/mol. The standard InChI is InChI=1S/C16H17BrClN5O2/c17-10-5-12-9(4-11(10)18)15(25)23(8-20-12)7-16(21-22-16)6-13-14(24)2-1-3-19-13/h4-5,8,13-14,19,24H,1-3,6-7H2/t13-,14+/m1/s1. The van der Waals surface area contributed by atoms with Gasteiger partial charge in [0, 0.05) is 16.9 Å². The smallest absolute Gasteiger partial charge is 0.261 e. The number of rotatable bonds is 4. The second-order valence-electron chi connectivity index (χ2n) is 6.62. The molecule has 2 aliphatic heterocycles. The fraction of sp³-hybridized carbons (Fsp3) is 0.500. The summed E-state index contributed by atoms with van der Waals surface area (Å²) in [5.41, 5.74) is -0.247. The molecule has 0 bridgehead atoms. The van der Waals surface area contributed by atoms with Gasteiger partial charge in [0.25, 0.3) is 5.56 Å². The lowest BCUT2D eigenvalue weighted by Crippen LogP contribution is -2.48. The van der Waals surface area contributed by atoms with Crippen LogP contribution in [0.15, 0.2) is 38.0 Å². The van der Waals surface area contributed by atoms with Crippen LogP contribution in [0.3, 0.4) is 0 Å². The highest BCUT2D eigenvalue weighted by atomic mass is 79.9. The maximum absolute atomic E-state index is 12.8. The van der Waals surface area contributed by atoms with Crippen molar-refractivity contribution in [3.8, 4) is 0 Å². The Morgan fingerprint density at radius 2 is 2.24 bits per heavy atom. The number of nitrogens with zero attached hydrogens (tertiary/aromatic N) is 4. The van der Waals surface area contributed by atoms with Crippen LogP contribution in [-0.4, -0.2) is 39.0 Å². The summed E-state index contributed by atoms with van der Waals surface area (Å²) in [6.07, 6.45) is 3.42. The minimum Gasteiger partial charge on any atom is -0.392 e. The second-order valence-corrected chi connectivity index (χ2v) is 7.88. The molecule has 25 heavy (non-hydrogen) atoms. The summed E-state index contributed by atoms with van der Waals surface area (Å²) < 4.78 is 2.22. The molecule has 2 atom stereocenters. The van der Waals surface area contributed by atoms with Gasteiger partial charge in [-0.25, -0.2) is 4.98 Å². The van der Waals surface area contributed by atoms with E-state index >= 15 is 0 Å². The highest BCUT2D eigenvalue weighted by molar-refractivity contribution is 9.10. The lowest BCUT2D eigenvalue weighted by atomic mass is 9.93. The Morgan fingerprint density at radius 3 is 2.96 bits per heavy atom. The van der Waals surface area contributed by atoms with E-state index in [1.807, 2.05) is 0 Å². The van der Waals surface area contributed by atoms with Gasteiger partial charge in [-0.15, -0.1) is 0 Å². The van der Waals surface area contributed by atoms with E-state index in [2.05, 4.69) is 36.5 Å². The van der Waals surface area contributed by atoms with Crippen molar-refractivity contribution in [3.63, 3.8) is 0 Å². The summed E-state index contributed by atoms with van der Waals surface area (Å²) in [7, 11) is 0. The highest BCUT2D eigenvalue weighted by Gasteiger charge is 2.44. The first-order valence-electron chi connectivity index (χ1n) is 8.17. The van der Waals surface area contributed by atoms with Gasteiger partial charge in [0.1, 0.15) is 0 Å². The predicted molar refractivity (Wildman–Crippen MR) is 97.9 cm³/mol. The zero-order valence-electron chi connectivity index (χ0n) is 13.3. The maximum atomic E-state index is 12.8.